The van der Waals surface area contributed by atoms with E-state index in [1.807, 2.05) is 18.2 Å². The fourth-order valence-electron chi connectivity index (χ4n) is 3.15. The molecule has 1 spiro atoms. The molecule has 2 fully saturated rings. The van der Waals surface area contributed by atoms with Crippen molar-refractivity contribution in [3.8, 4) is 0 Å². The predicted octanol–water partition coefficient (Wildman–Crippen LogP) is 3.43. The third-order valence-electron chi connectivity index (χ3n) is 4.29. The first kappa shape index (κ1) is 9.88. The molecule has 3 rings (SSSR count). The van der Waals surface area contributed by atoms with E-state index < -0.39 is 5.97 Å². The van der Waals surface area contributed by atoms with Crippen molar-refractivity contribution in [3.63, 3.8) is 0 Å². The Hall–Kier alpha value is -1.31. The topological polar surface area (TPSA) is 37.3 Å². The standard InChI is InChI=1S/C14H16O2/c15-13(16)12-4-2-1-3-11(12)10-5-6-14(9-10)7-8-14/h1-4,10H,5-9H2,(H,15,16). The van der Waals surface area contributed by atoms with Gasteiger partial charge in [0, 0.05) is 0 Å². The quantitative estimate of drug-likeness (QED) is 0.822. The van der Waals surface area contributed by atoms with Gasteiger partial charge in [-0.2, -0.15) is 0 Å². The van der Waals surface area contributed by atoms with Crippen LogP contribution in [0.25, 0.3) is 0 Å². The van der Waals surface area contributed by atoms with Crippen LogP contribution in [-0.4, -0.2) is 11.1 Å². The zero-order valence-electron chi connectivity index (χ0n) is 9.28. The van der Waals surface area contributed by atoms with Crippen molar-refractivity contribution in [2.45, 2.75) is 38.0 Å². The summed E-state index contributed by atoms with van der Waals surface area (Å²) in [7, 11) is 0. The van der Waals surface area contributed by atoms with Crippen molar-refractivity contribution in [1.29, 1.82) is 0 Å². The van der Waals surface area contributed by atoms with E-state index in [9.17, 15) is 9.90 Å². The number of carbonyl (C=O) groups is 1. The molecule has 16 heavy (non-hydrogen) atoms. The van der Waals surface area contributed by atoms with Crippen LogP contribution in [0.15, 0.2) is 24.3 Å². The summed E-state index contributed by atoms with van der Waals surface area (Å²) < 4.78 is 0. The second-order valence-electron chi connectivity index (χ2n) is 5.33. The Balaban J connectivity index is 1.91. The lowest BCUT2D eigenvalue weighted by Crippen LogP contribution is -2.05. The Morgan fingerprint density at radius 2 is 2.00 bits per heavy atom. The number of rotatable bonds is 2. The molecule has 84 valence electrons. The monoisotopic (exact) mass is 216 g/mol. The Bertz CT molecular complexity index is 432. The molecule has 0 aliphatic heterocycles. The Kier molecular flexibility index (Phi) is 2.06. The van der Waals surface area contributed by atoms with Crippen molar-refractivity contribution in [3.05, 3.63) is 35.4 Å². The molecule has 1 aromatic rings. The Morgan fingerprint density at radius 1 is 1.25 bits per heavy atom. The van der Waals surface area contributed by atoms with Gasteiger partial charge >= 0.3 is 5.97 Å². The maximum atomic E-state index is 11.2. The number of benzene rings is 1. The van der Waals surface area contributed by atoms with Crippen LogP contribution in [0, 0.1) is 5.41 Å². The van der Waals surface area contributed by atoms with E-state index in [-0.39, 0.29) is 0 Å². The number of hydrogen-bond acceptors (Lipinski definition) is 1. The van der Waals surface area contributed by atoms with E-state index in [1.54, 1.807) is 6.07 Å². The molecule has 0 bridgehead atoms. The minimum absolute atomic E-state index is 0.481. The zero-order valence-corrected chi connectivity index (χ0v) is 9.28. The Labute approximate surface area is 95.3 Å². The molecule has 0 aromatic heterocycles. The van der Waals surface area contributed by atoms with Crippen LogP contribution < -0.4 is 0 Å². The normalized spacial score (nSPS) is 25.9. The molecule has 1 unspecified atom stereocenters. The largest absolute Gasteiger partial charge is 0.478 e. The number of aromatic carboxylic acids is 1. The maximum Gasteiger partial charge on any atom is 0.335 e. The number of carboxylic acid groups (broad SMARTS) is 1. The van der Waals surface area contributed by atoms with Crippen molar-refractivity contribution >= 4 is 5.97 Å². The molecule has 1 aromatic carbocycles. The summed E-state index contributed by atoms with van der Waals surface area (Å²) in [5, 5.41) is 9.17. The number of hydrogen-bond donors (Lipinski definition) is 1. The van der Waals surface area contributed by atoms with Crippen LogP contribution in [0.2, 0.25) is 0 Å². The van der Waals surface area contributed by atoms with Crippen LogP contribution in [0.1, 0.15) is 53.9 Å². The predicted molar refractivity (Wildman–Crippen MR) is 61.7 cm³/mol. The van der Waals surface area contributed by atoms with Gasteiger partial charge in [-0.1, -0.05) is 18.2 Å². The summed E-state index contributed by atoms with van der Waals surface area (Å²) in [6, 6.07) is 7.50. The lowest BCUT2D eigenvalue weighted by Gasteiger charge is -2.13. The van der Waals surface area contributed by atoms with Gasteiger partial charge in [0.15, 0.2) is 0 Å². The van der Waals surface area contributed by atoms with Gasteiger partial charge in [-0.3, -0.25) is 0 Å². The first-order valence-electron chi connectivity index (χ1n) is 6.02. The summed E-state index contributed by atoms with van der Waals surface area (Å²) in [6.07, 6.45) is 6.39. The second kappa shape index (κ2) is 3.34. The lowest BCUT2D eigenvalue weighted by molar-refractivity contribution is 0.0695. The van der Waals surface area contributed by atoms with Gasteiger partial charge in [0.05, 0.1) is 5.56 Å². The van der Waals surface area contributed by atoms with Crippen LogP contribution in [0.4, 0.5) is 0 Å². The molecule has 1 N–H and O–H groups in total. The van der Waals surface area contributed by atoms with E-state index in [0.29, 0.717) is 16.9 Å². The summed E-state index contributed by atoms with van der Waals surface area (Å²) in [5.41, 5.74) is 2.17. The van der Waals surface area contributed by atoms with Gasteiger partial charge in [0.2, 0.25) is 0 Å². The van der Waals surface area contributed by atoms with Crippen LogP contribution >= 0.6 is 0 Å². The fraction of sp³-hybridized carbons (Fsp3) is 0.500. The molecule has 2 saturated carbocycles. The van der Waals surface area contributed by atoms with Crippen molar-refractivity contribution in [2.24, 2.45) is 5.41 Å². The molecular formula is C14H16O2. The van der Waals surface area contributed by atoms with Crippen molar-refractivity contribution in [2.75, 3.05) is 0 Å². The summed E-state index contributed by atoms with van der Waals surface area (Å²) in [6.45, 7) is 0. The molecule has 0 radical (unpaired) electrons. The highest BCUT2D eigenvalue weighted by Crippen LogP contribution is 2.61. The molecule has 0 amide bonds. The van der Waals surface area contributed by atoms with Gasteiger partial charge in [0.25, 0.3) is 0 Å². The summed E-state index contributed by atoms with van der Waals surface area (Å²) >= 11 is 0. The Morgan fingerprint density at radius 3 is 2.62 bits per heavy atom. The molecule has 1 atom stereocenters. The second-order valence-corrected chi connectivity index (χ2v) is 5.33. The van der Waals surface area contributed by atoms with Gasteiger partial charge in [0.1, 0.15) is 0 Å². The highest BCUT2D eigenvalue weighted by molar-refractivity contribution is 5.89. The van der Waals surface area contributed by atoms with Gasteiger partial charge in [-0.15, -0.1) is 0 Å². The molecule has 2 aliphatic rings. The molecule has 2 heteroatoms. The third kappa shape index (κ3) is 1.53. The fourth-order valence-corrected chi connectivity index (χ4v) is 3.15. The molecule has 2 aliphatic carbocycles. The molecule has 0 heterocycles. The first-order valence-corrected chi connectivity index (χ1v) is 6.02. The number of carboxylic acids is 1. The van der Waals surface area contributed by atoms with Crippen molar-refractivity contribution < 1.29 is 9.90 Å². The van der Waals surface area contributed by atoms with E-state index in [1.165, 1.54) is 32.1 Å². The van der Waals surface area contributed by atoms with E-state index >= 15 is 0 Å². The van der Waals surface area contributed by atoms with Gasteiger partial charge in [-0.25, -0.2) is 4.79 Å². The smallest absolute Gasteiger partial charge is 0.335 e. The maximum absolute atomic E-state index is 11.2. The highest BCUT2D eigenvalue weighted by atomic mass is 16.4. The van der Waals surface area contributed by atoms with Gasteiger partial charge in [-0.05, 0) is 55.1 Å². The van der Waals surface area contributed by atoms with E-state index in [2.05, 4.69) is 0 Å². The minimum Gasteiger partial charge on any atom is -0.478 e. The van der Waals surface area contributed by atoms with Gasteiger partial charge < -0.3 is 5.11 Å². The molecular weight excluding hydrogens is 200 g/mol. The zero-order chi connectivity index (χ0) is 11.2. The lowest BCUT2D eigenvalue weighted by atomic mass is 9.91. The van der Waals surface area contributed by atoms with Crippen LogP contribution in [0.3, 0.4) is 0 Å². The average Bonchev–Trinajstić information content (AvgIpc) is 2.89. The third-order valence-corrected chi connectivity index (χ3v) is 4.29. The first-order chi connectivity index (χ1) is 7.70. The van der Waals surface area contributed by atoms with Crippen LogP contribution in [-0.2, 0) is 0 Å². The van der Waals surface area contributed by atoms with E-state index in [0.717, 1.165) is 5.56 Å². The van der Waals surface area contributed by atoms with E-state index in [4.69, 9.17) is 0 Å². The summed E-state index contributed by atoms with van der Waals surface area (Å²) in [4.78, 5) is 11.2. The van der Waals surface area contributed by atoms with Crippen molar-refractivity contribution in [1.82, 2.24) is 0 Å². The highest BCUT2D eigenvalue weighted by Gasteiger charge is 2.48. The minimum atomic E-state index is -0.785. The van der Waals surface area contributed by atoms with Crippen LogP contribution in [0.5, 0.6) is 0 Å². The molecule has 2 nitrogen and oxygen atoms in total. The average molecular weight is 216 g/mol. The summed E-state index contributed by atoms with van der Waals surface area (Å²) in [5.74, 6) is -0.304. The molecule has 0 saturated heterocycles. The SMILES string of the molecule is O=C(O)c1ccccc1C1CCC2(CC2)C1.